The van der Waals surface area contributed by atoms with Gasteiger partial charge in [-0.25, -0.2) is 0 Å². The summed E-state index contributed by atoms with van der Waals surface area (Å²) in [5.74, 6) is 0.975. The fourth-order valence-corrected chi connectivity index (χ4v) is 2.11. The van der Waals surface area contributed by atoms with Gasteiger partial charge in [0.25, 0.3) is 0 Å². The van der Waals surface area contributed by atoms with Gasteiger partial charge in [-0.15, -0.1) is 0 Å². The Bertz CT molecular complexity index is 481. The topological polar surface area (TPSA) is 42.4 Å². The van der Waals surface area contributed by atoms with Gasteiger partial charge in [-0.1, -0.05) is 23.7 Å². The SMILES string of the molecule is CN(CCC(N)c1ccc(Cl)cc1)Cc1ccco1. The number of benzene rings is 1. The Hall–Kier alpha value is -1.29. The number of furan rings is 1. The molecule has 0 radical (unpaired) electrons. The summed E-state index contributed by atoms with van der Waals surface area (Å²) in [6.07, 6.45) is 2.60. The lowest BCUT2D eigenvalue weighted by Gasteiger charge is -2.18. The molecule has 0 spiro atoms. The Morgan fingerprint density at radius 1 is 1.26 bits per heavy atom. The molecule has 1 heterocycles. The van der Waals surface area contributed by atoms with Crippen molar-refractivity contribution in [3.63, 3.8) is 0 Å². The standard InChI is InChI=1S/C15H19ClN2O/c1-18(11-14-3-2-10-19-14)9-8-15(17)12-4-6-13(16)7-5-12/h2-7,10,15H,8-9,11,17H2,1H3. The van der Waals surface area contributed by atoms with Crippen molar-refractivity contribution in [2.45, 2.75) is 19.0 Å². The summed E-state index contributed by atoms with van der Waals surface area (Å²) in [4.78, 5) is 2.20. The summed E-state index contributed by atoms with van der Waals surface area (Å²) in [6.45, 7) is 1.73. The van der Waals surface area contributed by atoms with E-state index in [1.807, 2.05) is 36.4 Å². The molecular formula is C15H19ClN2O. The van der Waals surface area contributed by atoms with Gasteiger partial charge in [-0.3, -0.25) is 4.90 Å². The highest BCUT2D eigenvalue weighted by molar-refractivity contribution is 6.30. The number of nitrogens with zero attached hydrogens (tertiary/aromatic N) is 1. The summed E-state index contributed by atoms with van der Waals surface area (Å²) in [6, 6.07) is 11.7. The first-order chi connectivity index (χ1) is 9.15. The van der Waals surface area contributed by atoms with Gasteiger partial charge < -0.3 is 10.2 Å². The summed E-state index contributed by atoms with van der Waals surface area (Å²) in [7, 11) is 2.07. The molecule has 2 N–H and O–H groups in total. The van der Waals surface area contributed by atoms with Crippen molar-refractivity contribution in [3.05, 3.63) is 59.0 Å². The van der Waals surface area contributed by atoms with E-state index in [-0.39, 0.29) is 6.04 Å². The van der Waals surface area contributed by atoms with Crippen molar-refractivity contribution in [2.24, 2.45) is 5.73 Å². The number of hydrogen-bond donors (Lipinski definition) is 1. The summed E-state index contributed by atoms with van der Waals surface area (Å²) < 4.78 is 5.32. The maximum absolute atomic E-state index is 6.17. The monoisotopic (exact) mass is 278 g/mol. The van der Waals surface area contributed by atoms with Gasteiger partial charge >= 0.3 is 0 Å². The molecule has 3 nitrogen and oxygen atoms in total. The molecule has 1 aromatic heterocycles. The van der Waals surface area contributed by atoms with Crippen molar-refractivity contribution >= 4 is 11.6 Å². The van der Waals surface area contributed by atoms with Crippen molar-refractivity contribution < 1.29 is 4.42 Å². The Labute approximate surface area is 119 Å². The third kappa shape index (κ3) is 4.39. The van der Waals surface area contributed by atoms with Gasteiger partial charge in [0.2, 0.25) is 0 Å². The van der Waals surface area contributed by atoms with Crippen LogP contribution in [-0.4, -0.2) is 18.5 Å². The van der Waals surface area contributed by atoms with Crippen LogP contribution >= 0.6 is 11.6 Å². The van der Waals surface area contributed by atoms with E-state index in [0.717, 1.165) is 35.9 Å². The van der Waals surface area contributed by atoms with Gasteiger partial charge in [-0.05, 0) is 43.3 Å². The molecule has 0 saturated heterocycles. The predicted octanol–water partition coefficient (Wildman–Crippen LogP) is 3.45. The lowest BCUT2D eigenvalue weighted by atomic mass is 10.0. The third-order valence-corrected chi connectivity index (χ3v) is 3.38. The van der Waals surface area contributed by atoms with Gasteiger partial charge in [0.1, 0.15) is 5.76 Å². The molecule has 0 saturated carbocycles. The molecule has 0 aliphatic heterocycles. The minimum Gasteiger partial charge on any atom is -0.468 e. The first kappa shape index (κ1) is 14.1. The highest BCUT2D eigenvalue weighted by Crippen LogP contribution is 2.17. The molecule has 0 bridgehead atoms. The molecule has 2 rings (SSSR count). The zero-order valence-electron chi connectivity index (χ0n) is 11.1. The quantitative estimate of drug-likeness (QED) is 0.880. The Morgan fingerprint density at radius 3 is 2.63 bits per heavy atom. The predicted molar refractivity (Wildman–Crippen MR) is 78.0 cm³/mol. The van der Waals surface area contributed by atoms with Crippen LogP contribution in [0.2, 0.25) is 5.02 Å². The minimum absolute atomic E-state index is 0.0383. The minimum atomic E-state index is 0.0383. The van der Waals surface area contributed by atoms with Crippen LogP contribution in [0.15, 0.2) is 47.1 Å². The maximum atomic E-state index is 6.17. The molecule has 4 heteroatoms. The van der Waals surface area contributed by atoms with E-state index in [0.29, 0.717) is 0 Å². The van der Waals surface area contributed by atoms with Crippen molar-refractivity contribution in [1.82, 2.24) is 4.90 Å². The van der Waals surface area contributed by atoms with Crippen LogP contribution < -0.4 is 5.73 Å². The van der Waals surface area contributed by atoms with Crippen molar-refractivity contribution in [1.29, 1.82) is 0 Å². The van der Waals surface area contributed by atoms with Crippen LogP contribution in [0.25, 0.3) is 0 Å². The fourth-order valence-electron chi connectivity index (χ4n) is 1.98. The molecule has 2 aromatic rings. The van der Waals surface area contributed by atoms with E-state index in [2.05, 4.69) is 11.9 Å². The van der Waals surface area contributed by atoms with Gasteiger partial charge in [0, 0.05) is 17.6 Å². The van der Waals surface area contributed by atoms with Crippen molar-refractivity contribution in [2.75, 3.05) is 13.6 Å². The molecule has 0 aliphatic rings. The van der Waals surface area contributed by atoms with E-state index in [1.165, 1.54) is 0 Å². The van der Waals surface area contributed by atoms with E-state index >= 15 is 0 Å². The summed E-state index contributed by atoms with van der Waals surface area (Å²) >= 11 is 5.86. The summed E-state index contributed by atoms with van der Waals surface area (Å²) in [5, 5.41) is 0.742. The van der Waals surface area contributed by atoms with Gasteiger partial charge in [0.15, 0.2) is 0 Å². The van der Waals surface area contributed by atoms with Crippen molar-refractivity contribution in [3.8, 4) is 0 Å². The zero-order valence-corrected chi connectivity index (χ0v) is 11.8. The van der Waals surface area contributed by atoms with Gasteiger partial charge in [0.05, 0.1) is 12.8 Å². The maximum Gasteiger partial charge on any atom is 0.117 e. The highest BCUT2D eigenvalue weighted by atomic mass is 35.5. The molecule has 0 amide bonds. The molecule has 1 aromatic carbocycles. The second kappa shape index (κ2) is 6.75. The molecule has 0 aliphatic carbocycles. The van der Waals surface area contributed by atoms with Crippen LogP contribution in [0.3, 0.4) is 0 Å². The number of hydrogen-bond acceptors (Lipinski definition) is 3. The number of halogens is 1. The van der Waals surface area contributed by atoms with Crippen LogP contribution in [-0.2, 0) is 6.54 Å². The normalized spacial score (nSPS) is 12.8. The largest absolute Gasteiger partial charge is 0.468 e. The average molecular weight is 279 g/mol. The molecule has 19 heavy (non-hydrogen) atoms. The fraction of sp³-hybridized carbons (Fsp3) is 0.333. The van der Waals surface area contributed by atoms with Gasteiger partial charge in [-0.2, -0.15) is 0 Å². The second-order valence-corrected chi connectivity index (χ2v) is 5.20. The number of nitrogens with two attached hydrogens (primary N) is 1. The van der Waals surface area contributed by atoms with Crippen LogP contribution in [0.5, 0.6) is 0 Å². The highest BCUT2D eigenvalue weighted by Gasteiger charge is 2.08. The first-order valence-electron chi connectivity index (χ1n) is 6.37. The first-order valence-corrected chi connectivity index (χ1v) is 6.75. The number of rotatable bonds is 6. The lowest BCUT2D eigenvalue weighted by molar-refractivity contribution is 0.284. The van der Waals surface area contributed by atoms with Crippen LogP contribution in [0, 0.1) is 0 Å². The smallest absolute Gasteiger partial charge is 0.117 e. The zero-order chi connectivity index (χ0) is 13.7. The van der Waals surface area contributed by atoms with E-state index in [9.17, 15) is 0 Å². The van der Waals surface area contributed by atoms with E-state index in [4.69, 9.17) is 21.8 Å². The van der Waals surface area contributed by atoms with E-state index in [1.54, 1.807) is 6.26 Å². The van der Waals surface area contributed by atoms with E-state index < -0.39 is 0 Å². The van der Waals surface area contributed by atoms with Crippen LogP contribution in [0.1, 0.15) is 23.8 Å². The Morgan fingerprint density at radius 2 is 2.00 bits per heavy atom. The average Bonchev–Trinajstić information content (AvgIpc) is 2.89. The molecule has 1 atom stereocenters. The molecule has 102 valence electrons. The lowest BCUT2D eigenvalue weighted by Crippen LogP contribution is -2.23. The third-order valence-electron chi connectivity index (χ3n) is 3.13. The summed E-state index contributed by atoms with van der Waals surface area (Å²) in [5.41, 5.74) is 7.29. The molecular weight excluding hydrogens is 260 g/mol. The second-order valence-electron chi connectivity index (χ2n) is 4.76. The van der Waals surface area contributed by atoms with Crippen LogP contribution in [0.4, 0.5) is 0 Å². The Balaban J connectivity index is 1.79. The molecule has 0 fully saturated rings. The molecule has 1 unspecified atom stereocenters. The Kier molecular flexibility index (Phi) is 5.02.